The third-order valence-corrected chi connectivity index (χ3v) is 5.31. The van der Waals surface area contributed by atoms with Crippen LogP contribution in [0.2, 0.25) is 0 Å². The second kappa shape index (κ2) is 9.17. The lowest BCUT2D eigenvalue weighted by atomic mass is 9.98. The minimum atomic E-state index is -0.241. The van der Waals surface area contributed by atoms with Crippen molar-refractivity contribution in [3.05, 3.63) is 30.1 Å². The van der Waals surface area contributed by atoms with Crippen molar-refractivity contribution in [2.45, 2.75) is 19.8 Å². The molecule has 27 heavy (non-hydrogen) atoms. The average molecular weight is 377 g/mol. The Morgan fingerprint density at radius 3 is 2.48 bits per heavy atom. The van der Waals surface area contributed by atoms with Gasteiger partial charge in [0.25, 0.3) is 0 Å². The summed E-state index contributed by atoms with van der Waals surface area (Å²) in [5.74, 6) is -0.405. The van der Waals surface area contributed by atoms with Crippen molar-refractivity contribution in [2.24, 2.45) is 5.92 Å². The van der Waals surface area contributed by atoms with Gasteiger partial charge in [-0.1, -0.05) is 0 Å². The van der Waals surface area contributed by atoms with E-state index in [0.717, 1.165) is 38.2 Å². The number of carbonyl (C=O) groups is 2. The number of piperidine rings is 1. The Bertz CT molecular complexity index is 644. The van der Waals surface area contributed by atoms with Gasteiger partial charge in [0.05, 0.1) is 19.1 Å². The third-order valence-electron chi connectivity index (χ3n) is 5.31. The average Bonchev–Trinajstić information content (AvgIpc) is 2.69. The molecule has 148 valence electrons. The lowest BCUT2D eigenvalue weighted by Gasteiger charge is -2.38. The van der Waals surface area contributed by atoms with Crippen molar-refractivity contribution >= 4 is 17.6 Å². The number of amides is 1. The second-order valence-electron chi connectivity index (χ2n) is 7.17. The molecule has 2 saturated heterocycles. The van der Waals surface area contributed by atoms with Crippen LogP contribution in [0.25, 0.3) is 0 Å². The van der Waals surface area contributed by atoms with E-state index in [1.165, 1.54) is 12.1 Å². The van der Waals surface area contributed by atoms with Crippen LogP contribution in [0.15, 0.2) is 24.3 Å². The molecule has 0 aromatic heterocycles. The fourth-order valence-corrected chi connectivity index (χ4v) is 3.81. The fourth-order valence-electron chi connectivity index (χ4n) is 3.81. The highest BCUT2D eigenvalue weighted by Crippen LogP contribution is 2.19. The van der Waals surface area contributed by atoms with Crippen LogP contribution < -0.4 is 4.90 Å². The molecule has 7 heteroatoms. The summed E-state index contributed by atoms with van der Waals surface area (Å²) < 4.78 is 18.2. The summed E-state index contributed by atoms with van der Waals surface area (Å²) in [7, 11) is 0. The normalized spacial score (nSPS) is 21.2. The standard InChI is InChI=1S/C20H28FN3O3/c1-2-27-20(26)16-4-3-9-22(14-16)15-19(25)24-12-10-23(11-13-24)18-7-5-17(21)6-8-18/h5-8,16H,2-4,9-15H2,1H3. The quantitative estimate of drug-likeness (QED) is 0.732. The van der Waals surface area contributed by atoms with Crippen LogP contribution in [0, 0.1) is 11.7 Å². The van der Waals surface area contributed by atoms with Crippen molar-refractivity contribution in [3.63, 3.8) is 0 Å². The molecule has 2 aliphatic heterocycles. The maximum atomic E-state index is 13.1. The molecule has 0 saturated carbocycles. The van der Waals surface area contributed by atoms with Gasteiger partial charge in [-0.2, -0.15) is 0 Å². The number of carbonyl (C=O) groups excluding carboxylic acids is 2. The number of halogens is 1. The van der Waals surface area contributed by atoms with Gasteiger partial charge in [0.15, 0.2) is 0 Å². The van der Waals surface area contributed by atoms with E-state index in [4.69, 9.17) is 4.74 Å². The van der Waals surface area contributed by atoms with Gasteiger partial charge < -0.3 is 14.5 Å². The molecule has 1 unspecified atom stereocenters. The van der Waals surface area contributed by atoms with Crippen LogP contribution in [-0.4, -0.2) is 74.1 Å². The summed E-state index contributed by atoms with van der Waals surface area (Å²) in [6.45, 7) is 6.80. The van der Waals surface area contributed by atoms with E-state index in [0.29, 0.717) is 32.8 Å². The van der Waals surface area contributed by atoms with Crippen LogP contribution in [0.3, 0.4) is 0 Å². The van der Waals surface area contributed by atoms with Gasteiger partial charge in [-0.05, 0) is 50.6 Å². The Hall–Kier alpha value is -2.15. The molecule has 1 atom stereocenters. The molecule has 0 spiro atoms. The zero-order chi connectivity index (χ0) is 19.2. The molecular weight excluding hydrogens is 349 g/mol. The van der Waals surface area contributed by atoms with Gasteiger partial charge in [-0.15, -0.1) is 0 Å². The minimum Gasteiger partial charge on any atom is -0.466 e. The Labute approximate surface area is 159 Å². The number of ether oxygens (including phenoxy) is 1. The van der Waals surface area contributed by atoms with Crippen molar-refractivity contribution < 1.29 is 18.7 Å². The van der Waals surface area contributed by atoms with Crippen molar-refractivity contribution in [2.75, 3.05) is 57.3 Å². The molecule has 2 heterocycles. The fraction of sp³-hybridized carbons (Fsp3) is 0.600. The van der Waals surface area contributed by atoms with Crippen LogP contribution in [-0.2, 0) is 14.3 Å². The van der Waals surface area contributed by atoms with E-state index in [1.54, 1.807) is 12.1 Å². The van der Waals surface area contributed by atoms with Crippen LogP contribution in [0.1, 0.15) is 19.8 Å². The predicted octanol–water partition coefficient (Wildman–Crippen LogP) is 1.75. The molecule has 3 rings (SSSR count). The highest BCUT2D eigenvalue weighted by molar-refractivity contribution is 5.79. The first-order valence-electron chi connectivity index (χ1n) is 9.74. The SMILES string of the molecule is CCOC(=O)C1CCCN(CC(=O)N2CCN(c3ccc(F)cc3)CC2)C1. The molecular formula is C20H28FN3O3. The summed E-state index contributed by atoms with van der Waals surface area (Å²) in [6, 6.07) is 6.47. The number of esters is 1. The van der Waals surface area contributed by atoms with E-state index >= 15 is 0 Å². The van der Waals surface area contributed by atoms with Crippen LogP contribution in [0.4, 0.5) is 10.1 Å². The van der Waals surface area contributed by atoms with Gasteiger partial charge >= 0.3 is 5.97 Å². The number of anilines is 1. The van der Waals surface area contributed by atoms with Crippen molar-refractivity contribution in [1.29, 1.82) is 0 Å². The smallest absolute Gasteiger partial charge is 0.310 e. The van der Waals surface area contributed by atoms with Crippen molar-refractivity contribution in [1.82, 2.24) is 9.80 Å². The first-order valence-corrected chi connectivity index (χ1v) is 9.74. The summed E-state index contributed by atoms with van der Waals surface area (Å²) in [4.78, 5) is 30.7. The molecule has 6 nitrogen and oxygen atoms in total. The molecule has 0 N–H and O–H groups in total. The molecule has 0 aliphatic carbocycles. The minimum absolute atomic E-state index is 0.110. The van der Waals surface area contributed by atoms with Crippen molar-refractivity contribution in [3.8, 4) is 0 Å². The van der Waals surface area contributed by atoms with Gasteiger partial charge in [0.2, 0.25) is 5.91 Å². The predicted molar refractivity (Wildman–Crippen MR) is 101 cm³/mol. The van der Waals surface area contributed by atoms with Gasteiger partial charge in [-0.3, -0.25) is 14.5 Å². The monoisotopic (exact) mass is 377 g/mol. The van der Waals surface area contributed by atoms with Gasteiger partial charge in [0.1, 0.15) is 5.82 Å². The molecule has 1 aromatic carbocycles. The molecule has 2 aliphatic rings. The summed E-state index contributed by atoms with van der Waals surface area (Å²) in [5, 5.41) is 0. The maximum Gasteiger partial charge on any atom is 0.310 e. The van der Waals surface area contributed by atoms with Gasteiger partial charge in [0, 0.05) is 38.4 Å². The molecule has 1 aromatic rings. The van der Waals surface area contributed by atoms with E-state index in [2.05, 4.69) is 9.80 Å². The Morgan fingerprint density at radius 1 is 1.11 bits per heavy atom. The zero-order valence-corrected chi connectivity index (χ0v) is 15.9. The summed E-state index contributed by atoms with van der Waals surface area (Å²) in [6.07, 6.45) is 1.75. The van der Waals surface area contributed by atoms with Gasteiger partial charge in [-0.25, -0.2) is 4.39 Å². The topological polar surface area (TPSA) is 53.1 Å². The molecule has 0 bridgehead atoms. The summed E-state index contributed by atoms with van der Waals surface area (Å²) >= 11 is 0. The van der Waals surface area contributed by atoms with Crippen LogP contribution in [0.5, 0.6) is 0 Å². The summed E-state index contributed by atoms with van der Waals surface area (Å²) in [5.41, 5.74) is 0.983. The van der Waals surface area contributed by atoms with E-state index in [1.807, 2.05) is 11.8 Å². The molecule has 0 radical (unpaired) electrons. The first-order chi connectivity index (χ1) is 13.1. The number of piperazine rings is 1. The number of benzene rings is 1. The highest BCUT2D eigenvalue weighted by atomic mass is 19.1. The second-order valence-corrected chi connectivity index (χ2v) is 7.17. The van der Waals surface area contributed by atoms with E-state index < -0.39 is 0 Å². The Morgan fingerprint density at radius 2 is 1.81 bits per heavy atom. The largest absolute Gasteiger partial charge is 0.466 e. The maximum absolute atomic E-state index is 13.1. The molecule has 2 fully saturated rings. The van der Waals surface area contributed by atoms with Crippen LogP contribution >= 0.6 is 0 Å². The highest BCUT2D eigenvalue weighted by Gasteiger charge is 2.29. The number of hydrogen-bond acceptors (Lipinski definition) is 5. The Balaban J connectivity index is 1.46. The lowest BCUT2D eigenvalue weighted by molar-refractivity contribution is -0.150. The number of hydrogen-bond donors (Lipinski definition) is 0. The number of likely N-dealkylation sites (tertiary alicyclic amines) is 1. The number of nitrogens with zero attached hydrogens (tertiary/aromatic N) is 3. The zero-order valence-electron chi connectivity index (χ0n) is 15.9. The van der Waals surface area contributed by atoms with E-state index in [9.17, 15) is 14.0 Å². The van der Waals surface area contributed by atoms with E-state index in [-0.39, 0.29) is 23.6 Å². The molecule has 1 amide bonds. The lowest BCUT2D eigenvalue weighted by Crippen LogP contribution is -2.52. The number of rotatable bonds is 5. The first kappa shape index (κ1) is 19.6. The third kappa shape index (κ3) is 5.19. The Kier molecular flexibility index (Phi) is 6.66.